The van der Waals surface area contributed by atoms with Crippen LogP contribution in [0.3, 0.4) is 0 Å². The van der Waals surface area contributed by atoms with Gasteiger partial charge in [0.05, 0.1) is 17.8 Å². The maximum absolute atomic E-state index is 12.9. The predicted octanol–water partition coefficient (Wildman–Crippen LogP) is 5.50. The number of hydrogen-bond donors (Lipinski definition) is 2. The molecule has 0 radical (unpaired) electrons. The third-order valence-electron chi connectivity index (χ3n) is 7.06. The van der Waals surface area contributed by atoms with Crippen molar-refractivity contribution in [1.29, 1.82) is 0 Å². The number of pyridine rings is 2. The van der Waals surface area contributed by atoms with E-state index in [-0.39, 0.29) is 18.0 Å². The summed E-state index contributed by atoms with van der Waals surface area (Å²) in [4.78, 5) is 24.3. The second-order valence-corrected chi connectivity index (χ2v) is 10.2. The van der Waals surface area contributed by atoms with Gasteiger partial charge in [-0.2, -0.15) is 0 Å². The van der Waals surface area contributed by atoms with Gasteiger partial charge in [-0.15, -0.1) is 0 Å². The standard InChI is InChI=1S/C30H32N6OS/c1-19-9-7-11-23(17-19)33-26(37)13-16-35-28(27(34-30(35)38)25-12-5-6-14-31-25)24-18-21(3)36(22(24)4)29-20(2)10-8-15-32-29/h5-12,14-15,17-18,27-28H,13,16H2,1-4H3,(H,33,37)(H,34,38)/t27-,28-/m0/s1. The topological polar surface area (TPSA) is 75.1 Å². The molecular formula is C30H32N6OS. The molecule has 5 rings (SSSR count). The van der Waals surface area contributed by atoms with Gasteiger partial charge in [0.1, 0.15) is 5.82 Å². The van der Waals surface area contributed by atoms with E-state index < -0.39 is 0 Å². The molecule has 194 valence electrons. The van der Waals surface area contributed by atoms with Crippen LogP contribution < -0.4 is 10.6 Å². The highest BCUT2D eigenvalue weighted by molar-refractivity contribution is 7.80. The fourth-order valence-electron chi connectivity index (χ4n) is 5.28. The summed E-state index contributed by atoms with van der Waals surface area (Å²) in [6.45, 7) is 8.78. The van der Waals surface area contributed by atoms with Crippen molar-refractivity contribution in [3.8, 4) is 5.82 Å². The molecule has 1 amide bonds. The quantitative estimate of drug-likeness (QED) is 0.311. The molecule has 0 aliphatic carbocycles. The highest BCUT2D eigenvalue weighted by Crippen LogP contribution is 2.41. The van der Waals surface area contributed by atoms with Crippen molar-refractivity contribution >= 4 is 28.9 Å². The average Bonchev–Trinajstić information content (AvgIpc) is 3.38. The Labute approximate surface area is 228 Å². The molecule has 1 aliphatic heterocycles. The number of benzene rings is 1. The Morgan fingerprint density at radius 2 is 1.82 bits per heavy atom. The van der Waals surface area contributed by atoms with Crippen molar-refractivity contribution in [3.63, 3.8) is 0 Å². The minimum absolute atomic E-state index is 0.0481. The number of nitrogens with one attached hydrogen (secondary N) is 2. The summed E-state index contributed by atoms with van der Waals surface area (Å²) in [7, 11) is 0. The normalized spacial score (nSPS) is 16.9. The molecule has 1 aromatic carbocycles. The molecule has 0 bridgehead atoms. The van der Waals surface area contributed by atoms with Crippen LogP contribution in [0.15, 0.2) is 73.1 Å². The maximum Gasteiger partial charge on any atom is 0.226 e. The molecule has 4 aromatic rings. The number of nitrogens with zero attached hydrogens (tertiary/aromatic N) is 4. The van der Waals surface area contributed by atoms with E-state index in [0.717, 1.165) is 45.3 Å². The number of carbonyl (C=O) groups excluding carboxylic acids is 1. The van der Waals surface area contributed by atoms with Gasteiger partial charge in [-0.3, -0.25) is 9.78 Å². The molecule has 8 heteroatoms. The lowest BCUT2D eigenvalue weighted by Gasteiger charge is -2.28. The van der Waals surface area contributed by atoms with E-state index in [1.165, 1.54) is 0 Å². The minimum atomic E-state index is -0.151. The van der Waals surface area contributed by atoms with Gasteiger partial charge in [0.2, 0.25) is 5.91 Å². The van der Waals surface area contributed by atoms with Crippen LogP contribution in [0.5, 0.6) is 0 Å². The summed E-state index contributed by atoms with van der Waals surface area (Å²) in [6, 6.07) is 19.7. The van der Waals surface area contributed by atoms with Crippen LogP contribution in [0.1, 0.15) is 52.3 Å². The van der Waals surface area contributed by atoms with Crippen molar-refractivity contribution in [2.45, 2.75) is 46.2 Å². The van der Waals surface area contributed by atoms with Crippen LogP contribution in [0.2, 0.25) is 0 Å². The van der Waals surface area contributed by atoms with Crippen molar-refractivity contribution in [2.75, 3.05) is 11.9 Å². The predicted molar refractivity (Wildman–Crippen MR) is 154 cm³/mol. The fraction of sp³-hybridized carbons (Fsp3) is 0.267. The molecule has 2 atom stereocenters. The van der Waals surface area contributed by atoms with Crippen LogP contribution in [-0.2, 0) is 4.79 Å². The van der Waals surface area contributed by atoms with Gasteiger partial charge < -0.3 is 20.1 Å². The third kappa shape index (κ3) is 5.04. The van der Waals surface area contributed by atoms with Gasteiger partial charge in [-0.1, -0.05) is 24.3 Å². The Morgan fingerprint density at radius 3 is 2.55 bits per heavy atom. The summed E-state index contributed by atoms with van der Waals surface area (Å²) in [5.74, 6) is 0.869. The fourth-order valence-corrected chi connectivity index (χ4v) is 5.61. The molecule has 3 aromatic heterocycles. The van der Waals surface area contributed by atoms with Crippen molar-refractivity contribution in [2.24, 2.45) is 0 Å². The first-order valence-corrected chi connectivity index (χ1v) is 13.2. The summed E-state index contributed by atoms with van der Waals surface area (Å²) >= 11 is 5.83. The molecule has 7 nitrogen and oxygen atoms in total. The van der Waals surface area contributed by atoms with Crippen LogP contribution in [-0.4, -0.2) is 37.0 Å². The van der Waals surface area contributed by atoms with E-state index in [2.05, 4.69) is 63.0 Å². The van der Waals surface area contributed by atoms with Gasteiger partial charge in [0.25, 0.3) is 0 Å². The van der Waals surface area contributed by atoms with Crippen LogP contribution >= 0.6 is 12.2 Å². The Bertz CT molecular complexity index is 1480. The number of aromatic nitrogens is 3. The summed E-state index contributed by atoms with van der Waals surface area (Å²) in [5, 5.41) is 7.13. The lowest BCUT2D eigenvalue weighted by Crippen LogP contribution is -2.32. The van der Waals surface area contributed by atoms with Gasteiger partial charge in [-0.05, 0) is 93.0 Å². The van der Waals surface area contributed by atoms with Crippen molar-refractivity contribution < 1.29 is 4.79 Å². The van der Waals surface area contributed by atoms with E-state index in [0.29, 0.717) is 18.1 Å². The zero-order chi connectivity index (χ0) is 26.8. The lowest BCUT2D eigenvalue weighted by atomic mass is 9.96. The number of hydrogen-bond acceptors (Lipinski definition) is 4. The highest BCUT2D eigenvalue weighted by atomic mass is 32.1. The molecule has 1 saturated heterocycles. The van der Waals surface area contributed by atoms with Crippen LogP contribution in [0.4, 0.5) is 5.69 Å². The zero-order valence-corrected chi connectivity index (χ0v) is 22.9. The lowest BCUT2D eigenvalue weighted by molar-refractivity contribution is -0.116. The molecule has 0 spiro atoms. The Kier molecular flexibility index (Phi) is 7.24. The SMILES string of the molecule is Cc1cccc(NC(=O)CCN2C(=S)N[C@@H](c3ccccn3)[C@@H]2c2cc(C)n(-c3ncccc3C)c2C)c1. The van der Waals surface area contributed by atoms with Crippen molar-refractivity contribution in [1.82, 2.24) is 24.8 Å². The van der Waals surface area contributed by atoms with Crippen LogP contribution in [0, 0.1) is 27.7 Å². The second kappa shape index (κ2) is 10.8. The van der Waals surface area contributed by atoms with Gasteiger partial charge in [-0.25, -0.2) is 4.98 Å². The first kappa shape index (κ1) is 25.6. The van der Waals surface area contributed by atoms with Crippen molar-refractivity contribution in [3.05, 3.63) is 107 Å². The number of anilines is 1. The Balaban J connectivity index is 1.48. The molecule has 1 aliphatic rings. The molecule has 4 heterocycles. The number of carbonyl (C=O) groups is 1. The maximum atomic E-state index is 12.9. The molecule has 2 N–H and O–H groups in total. The molecule has 0 unspecified atom stereocenters. The first-order chi connectivity index (χ1) is 18.3. The van der Waals surface area contributed by atoms with Crippen LogP contribution in [0.25, 0.3) is 5.82 Å². The Hall–Kier alpha value is -4.04. The largest absolute Gasteiger partial charge is 0.352 e. The summed E-state index contributed by atoms with van der Waals surface area (Å²) < 4.78 is 2.20. The Morgan fingerprint density at radius 1 is 1.00 bits per heavy atom. The number of thiocarbonyl (C=S) groups is 1. The monoisotopic (exact) mass is 524 g/mol. The zero-order valence-electron chi connectivity index (χ0n) is 22.1. The minimum Gasteiger partial charge on any atom is -0.352 e. The highest BCUT2D eigenvalue weighted by Gasteiger charge is 2.41. The number of aryl methyl sites for hydroxylation is 3. The van der Waals surface area contributed by atoms with Gasteiger partial charge >= 0.3 is 0 Å². The molecule has 38 heavy (non-hydrogen) atoms. The van der Waals surface area contributed by atoms with Gasteiger partial charge in [0.15, 0.2) is 5.11 Å². The first-order valence-electron chi connectivity index (χ1n) is 12.8. The molecule has 0 saturated carbocycles. The number of rotatable bonds is 7. The molecular weight excluding hydrogens is 492 g/mol. The number of amides is 1. The van der Waals surface area contributed by atoms with E-state index in [1.807, 2.05) is 61.7 Å². The third-order valence-corrected chi connectivity index (χ3v) is 7.41. The van der Waals surface area contributed by atoms with Gasteiger partial charge in [0, 0.05) is 42.4 Å². The summed E-state index contributed by atoms with van der Waals surface area (Å²) in [6.07, 6.45) is 3.93. The molecule has 1 fully saturated rings. The average molecular weight is 525 g/mol. The van der Waals surface area contributed by atoms with E-state index in [4.69, 9.17) is 12.2 Å². The van der Waals surface area contributed by atoms with E-state index in [1.54, 1.807) is 6.20 Å². The second-order valence-electron chi connectivity index (χ2n) is 9.79. The van der Waals surface area contributed by atoms with E-state index in [9.17, 15) is 4.79 Å². The smallest absolute Gasteiger partial charge is 0.226 e. The summed E-state index contributed by atoms with van der Waals surface area (Å²) in [5.41, 5.74) is 7.23. The van der Waals surface area contributed by atoms with E-state index >= 15 is 0 Å².